The second-order valence-corrected chi connectivity index (χ2v) is 9.26. The Morgan fingerprint density at radius 3 is 1.72 bits per heavy atom. The molecule has 0 aliphatic rings. The smallest absolute Gasteiger partial charge is 0.143 e. The minimum Gasteiger partial charge on any atom is -0.455 e. The largest absolute Gasteiger partial charge is 0.455 e. The van der Waals surface area contributed by atoms with Crippen molar-refractivity contribution in [1.82, 2.24) is 0 Å². The second-order valence-electron chi connectivity index (χ2n) is 9.26. The fourth-order valence-electron chi connectivity index (χ4n) is 5.25. The molecule has 0 spiro atoms. The Hall–Kier alpha value is -5.66. The zero-order valence-electron chi connectivity index (χ0n) is 47.4. The number of para-hydroxylation sites is 1. The molecule has 9 aromatic rings. The summed E-state index contributed by atoms with van der Waals surface area (Å²) < 4.78 is 238. The van der Waals surface area contributed by atoms with Gasteiger partial charge in [0.2, 0.25) is 0 Å². The van der Waals surface area contributed by atoms with E-state index in [1.54, 1.807) is 0 Å². The van der Waals surface area contributed by atoms with Crippen LogP contribution in [0, 0.1) is 0 Å². The van der Waals surface area contributed by atoms with Crippen LogP contribution in [0.2, 0.25) is 0 Å². The van der Waals surface area contributed by atoms with Gasteiger partial charge in [-0.25, -0.2) is 0 Å². The van der Waals surface area contributed by atoms with Gasteiger partial charge in [-0.1, -0.05) is 145 Å². The maximum absolute atomic E-state index is 9.46. The first-order valence-electron chi connectivity index (χ1n) is 25.7. The minimum absolute atomic E-state index is 0.523. The van der Waals surface area contributed by atoms with Crippen LogP contribution in [-0.4, -0.2) is 0 Å². The van der Waals surface area contributed by atoms with Gasteiger partial charge in [0, 0.05) is 21.9 Å². The van der Waals surface area contributed by atoms with E-state index in [0.29, 0.717) is 0 Å². The lowest BCUT2D eigenvalue weighted by Crippen LogP contribution is -1.91. The van der Waals surface area contributed by atoms with Crippen molar-refractivity contribution in [2.45, 2.75) is 0 Å². The van der Waals surface area contributed by atoms with Crippen LogP contribution in [-0.2, 0) is 0 Å². The molecule has 0 fully saturated rings. The van der Waals surface area contributed by atoms with E-state index in [0.717, 1.165) is 0 Å². The van der Waals surface area contributed by atoms with Crippen LogP contribution < -0.4 is 0 Å². The van der Waals surface area contributed by atoms with Gasteiger partial charge in [-0.3, -0.25) is 0 Å². The van der Waals surface area contributed by atoms with Crippen molar-refractivity contribution in [2.75, 3.05) is 0 Å². The first kappa shape index (κ1) is 9.69. The van der Waals surface area contributed by atoms with Crippen molar-refractivity contribution in [3.05, 3.63) is 157 Å². The van der Waals surface area contributed by atoms with Gasteiger partial charge in [0.15, 0.2) is 0 Å². The molecular weight excluding hydrogens is 520 g/mol. The van der Waals surface area contributed by atoms with Gasteiger partial charge >= 0.3 is 0 Å². The van der Waals surface area contributed by atoms with Gasteiger partial charge in [-0.05, 0) is 66.7 Å². The number of furan rings is 1. The third-order valence-electron chi connectivity index (χ3n) is 7.00. The summed E-state index contributed by atoms with van der Waals surface area (Å²) in [5, 5.41) is -5.12. The highest BCUT2D eigenvalue weighted by molar-refractivity contribution is 6.25. The molecule has 0 atom stereocenters. The maximum Gasteiger partial charge on any atom is 0.143 e. The molecule has 43 heavy (non-hydrogen) atoms. The van der Waals surface area contributed by atoms with E-state index in [1.807, 2.05) is 0 Å². The highest BCUT2D eigenvalue weighted by Gasteiger charge is 2.21. The third-order valence-corrected chi connectivity index (χ3v) is 7.00. The molecule has 0 amide bonds. The average Bonchev–Trinajstić information content (AvgIpc) is 3.71. The normalized spacial score (nSPS) is 20.2. The first-order valence-corrected chi connectivity index (χ1v) is 12.7. The van der Waals surface area contributed by atoms with Crippen LogP contribution in [0.1, 0.15) is 35.6 Å². The number of rotatable bonds is 3. The van der Waals surface area contributed by atoms with Crippen LogP contribution >= 0.6 is 0 Å². The number of hydrogen-bond donors (Lipinski definition) is 0. The summed E-state index contributed by atoms with van der Waals surface area (Å²) in [4.78, 5) is 0. The summed E-state index contributed by atoms with van der Waals surface area (Å²) in [6.07, 6.45) is 0. The van der Waals surface area contributed by atoms with Crippen molar-refractivity contribution in [3.63, 3.8) is 0 Å². The zero-order valence-corrected chi connectivity index (χ0v) is 21.4. The summed E-state index contributed by atoms with van der Waals surface area (Å²) >= 11 is 0. The fraction of sp³-hybridized carbons (Fsp3) is 0. The highest BCUT2D eigenvalue weighted by Crippen LogP contribution is 2.47. The maximum atomic E-state index is 9.46. The monoisotopic (exact) mass is 572 g/mol. The predicted molar refractivity (Wildman–Crippen MR) is 183 cm³/mol. The summed E-state index contributed by atoms with van der Waals surface area (Å²) in [6, 6.07) is -23.6. The lowest BCUT2D eigenvalue weighted by molar-refractivity contribution is 0.670. The Bertz CT molecular complexity index is 3860. The van der Waals surface area contributed by atoms with Crippen molar-refractivity contribution >= 4 is 54.3 Å². The number of hydrogen-bond acceptors (Lipinski definition) is 1. The zero-order chi connectivity index (χ0) is 51.0. The van der Waals surface area contributed by atoms with Crippen LogP contribution in [0.25, 0.3) is 87.6 Å². The molecule has 1 aromatic heterocycles. The van der Waals surface area contributed by atoms with Gasteiger partial charge < -0.3 is 4.42 Å². The topological polar surface area (TPSA) is 13.1 Å². The fourth-order valence-corrected chi connectivity index (χ4v) is 5.25. The van der Waals surface area contributed by atoms with Crippen LogP contribution in [0.5, 0.6) is 0 Å². The van der Waals surface area contributed by atoms with Gasteiger partial charge in [0.25, 0.3) is 0 Å². The Labute approximate surface area is 285 Å². The van der Waals surface area contributed by atoms with Gasteiger partial charge in [-0.15, -0.1) is 0 Å². The van der Waals surface area contributed by atoms with Crippen molar-refractivity contribution in [1.29, 1.82) is 0 Å². The van der Waals surface area contributed by atoms with E-state index in [4.69, 9.17) is 29.1 Å². The molecule has 8 aromatic carbocycles. The van der Waals surface area contributed by atoms with E-state index in [2.05, 4.69) is 0 Å². The van der Waals surface area contributed by atoms with Gasteiger partial charge in [0.05, 0.1) is 35.6 Å². The Balaban J connectivity index is 1.64. The molecule has 1 nitrogen and oxygen atoms in total. The molecule has 0 saturated carbocycles. The standard InChI is InChI=1S/C42H26O/c1-2-13-28(14-3-1)31-20-11-23-38-41(31)37-22-10-21-36(42(37)43-38)40-34-18-8-6-16-32(34)39(33-17-7-9-19-35(33)40)30-25-24-27-12-4-5-15-29(27)26-30/h1-26H/i1D,2D,3D,4D,5D,6D,7D,8D,9D,10D,11D,12D,13D,14D,15D,16D,17D,18D,19D,20D,21D,22D,23D,24D,25D,26D. The van der Waals surface area contributed by atoms with Gasteiger partial charge in [-0.2, -0.15) is 0 Å². The molecule has 0 N–H and O–H groups in total. The molecule has 1 heteroatoms. The van der Waals surface area contributed by atoms with Crippen LogP contribution in [0.3, 0.4) is 0 Å². The predicted octanol–water partition coefficient (Wildman–Crippen LogP) is 12.0. The van der Waals surface area contributed by atoms with Gasteiger partial charge in [0.1, 0.15) is 11.2 Å². The molecule has 200 valence electrons. The molecule has 0 unspecified atom stereocenters. The van der Waals surface area contributed by atoms with E-state index >= 15 is 0 Å². The second kappa shape index (κ2) is 9.44. The van der Waals surface area contributed by atoms with Crippen molar-refractivity contribution < 1.29 is 40.1 Å². The molecule has 0 aliphatic carbocycles. The summed E-state index contributed by atoms with van der Waals surface area (Å²) in [6.45, 7) is 0. The summed E-state index contributed by atoms with van der Waals surface area (Å²) in [5.74, 6) is 0. The molecule has 9 rings (SSSR count). The van der Waals surface area contributed by atoms with Crippen molar-refractivity contribution in [3.8, 4) is 33.4 Å². The van der Waals surface area contributed by atoms with Crippen molar-refractivity contribution in [2.24, 2.45) is 0 Å². The molecular formula is C42H26O. The highest BCUT2D eigenvalue weighted by atomic mass is 16.3. The minimum atomic E-state index is -0.989. The quantitative estimate of drug-likeness (QED) is 0.192. The molecule has 0 saturated heterocycles. The first-order chi connectivity index (χ1) is 32.2. The lowest BCUT2D eigenvalue weighted by Gasteiger charge is -2.18. The SMILES string of the molecule is [2H]c1c([2H])c([2H])c(-c2c([2H])c([2H])c([2H])c3oc4c(-c5c6c([2H])c([2H])c([2H])c([2H])c6c(-c6c([2H])c([2H])c7c([2H])c([2H])c([2H])c([2H])c7c6[2H])c6c([2H])c([2H])c([2H])c([2H])c56)c([2H])c([2H])c([2H])c4c23)c([2H])c1[2H]. The van der Waals surface area contributed by atoms with E-state index in [-0.39, 0.29) is 0 Å². The summed E-state index contributed by atoms with van der Waals surface area (Å²) in [7, 11) is 0. The molecule has 1 heterocycles. The number of fused-ring (bicyclic) bond motifs is 6. The van der Waals surface area contributed by atoms with E-state index in [9.17, 15) is 11.0 Å². The Morgan fingerprint density at radius 2 is 0.977 bits per heavy atom. The average molecular weight is 573 g/mol. The molecule has 0 bridgehead atoms. The Kier molecular flexibility index (Phi) is 2.13. The lowest BCUT2D eigenvalue weighted by atomic mass is 9.85. The van der Waals surface area contributed by atoms with E-state index in [1.165, 1.54) is 0 Å². The number of benzene rings is 8. The third kappa shape index (κ3) is 3.65. The van der Waals surface area contributed by atoms with Crippen LogP contribution in [0.4, 0.5) is 0 Å². The Morgan fingerprint density at radius 1 is 0.395 bits per heavy atom. The van der Waals surface area contributed by atoms with Crippen LogP contribution in [0.15, 0.2) is 162 Å². The summed E-state index contributed by atoms with van der Waals surface area (Å²) in [5.41, 5.74) is -5.56. The molecule has 0 aliphatic heterocycles. The van der Waals surface area contributed by atoms with E-state index < -0.39 is 245 Å². The molecule has 0 radical (unpaired) electrons.